The van der Waals surface area contributed by atoms with Gasteiger partial charge < -0.3 is 15.0 Å². The zero-order valence-corrected chi connectivity index (χ0v) is 13.7. The molecular weight excluding hydrogens is 308 g/mol. The Hall–Kier alpha value is -2.63. The topological polar surface area (TPSA) is 75.7 Å². The summed E-state index contributed by atoms with van der Waals surface area (Å²) >= 11 is 0. The highest BCUT2D eigenvalue weighted by Gasteiger charge is 2.47. The standard InChI is InChI=1S/C18H20N2O4/c1-11(21)19-16-14(12-7-4-3-5-8-12)15(18(23)24-2)13-9-6-10-20(13)17(16)22/h3-5,7-8,14,16H,6,9-10H2,1-2H3,(H,19,21)/t14-,16+/m0/s1. The van der Waals surface area contributed by atoms with Gasteiger partial charge in [0.1, 0.15) is 6.04 Å². The number of carbonyl (C=O) groups is 3. The lowest BCUT2D eigenvalue weighted by Gasteiger charge is -2.38. The number of ether oxygens (including phenoxy) is 1. The molecule has 3 rings (SSSR count). The fourth-order valence-electron chi connectivity index (χ4n) is 3.59. The van der Waals surface area contributed by atoms with Crippen molar-refractivity contribution in [3.63, 3.8) is 0 Å². The Morgan fingerprint density at radius 1 is 1.25 bits per heavy atom. The third-order valence-corrected chi connectivity index (χ3v) is 4.53. The Labute approximate surface area is 140 Å². The molecule has 0 unspecified atom stereocenters. The summed E-state index contributed by atoms with van der Waals surface area (Å²) < 4.78 is 4.99. The lowest BCUT2D eigenvalue weighted by atomic mass is 9.80. The van der Waals surface area contributed by atoms with Gasteiger partial charge in [-0.15, -0.1) is 0 Å². The Balaban J connectivity index is 2.19. The van der Waals surface area contributed by atoms with Gasteiger partial charge in [0.05, 0.1) is 12.7 Å². The maximum atomic E-state index is 12.9. The quantitative estimate of drug-likeness (QED) is 0.850. The second kappa shape index (κ2) is 6.47. The maximum Gasteiger partial charge on any atom is 0.336 e. The van der Waals surface area contributed by atoms with E-state index in [1.807, 2.05) is 30.3 Å². The van der Waals surface area contributed by atoms with Crippen molar-refractivity contribution < 1.29 is 19.1 Å². The zero-order chi connectivity index (χ0) is 17.3. The minimum absolute atomic E-state index is 0.167. The van der Waals surface area contributed by atoms with Crippen LogP contribution in [0.15, 0.2) is 41.6 Å². The average molecular weight is 328 g/mol. The molecule has 0 aromatic heterocycles. The third-order valence-electron chi connectivity index (χ3n) is 4.53. The van der Waals surface area contributed by atoms with Gasteiger partial charge in [-0.05, 0) is 18.4 Å². The molecule has 6 heteroatoms. The second-order valence-corrected chi connectivity index (χ2v) is 6.01. The van der Waals surface area contributed by atoms with E-state index in [4.69, 9.17) is 4.74 Å². The first-order valence-electron chi connectivity index (χ1n) is 7.99. The number of nitrogens with one attached hydrogen (secondary N) is 1. The zero-order valence-electron chi connectivity index (χ0n) is 13.7. The van der Waals surface area contributed by atoms with E-state index in [2.05, 4.69) is 5.32 Å². The summed E-state index contributed by atoms with van der Waals surface area (Å²) in [5, 5.41) is 2.73. The molecule has 0 spiro atoms. The van der Waals surface area contributed by atoms with Gasteiger partial charge in [-0.2, -0.15) is 0 Å². The van der Waals surface area contributed by atoms with Crippen LogP contribution in [-0.2, 0) is 19.1 Å². The summed E-state index contributed by atoms with van der Waals surface area (Å²) in [5.41, 5.74) is 2.01. The molecule has 0 radical (unpaired) electrons. The predicted molar refractivity (Wildman–Crippen MR) is 86.8 cm³/mol. The molecule has 1 fully saturated rings. The Morgan fingerprint density at radius 2 is 1.96 bits per heavy atom. The number of amides is 2. The molecule has 1 aromatic carbocycles. The van der Waals surface area contributed by atoms with Crippen molar-refractivity contribution in [1.29, 1.82) is 0 Å². The van der Waals surface area contributed by atoms with Gasteiger partial charge >= 0.3 is 5.97 Å². The largest absolute Gasteiger partial charge is 0.466 e. The highest BCUT2D eigenvalue weighted by molar-refractivity contribution is 5.99. The average Bonchev–Trinajstić information content (AvgIpc) is 3.06. The van der Waals surface area contributed by atoms with Crippen LogP contribution in [0.3, 0.4) is 0 Å². The third kappa shape index (κ3) is 2.68. The molecule has 24 heavy (non-hydrogen) atoms. The normalized spacial score (nSPS) is 23.1. The fourth-order valence-corrected chi connectivity index (χ4v) is 3.59. The summed E-state index contributed by atoms with van der Waals surface area (Å²) in [4.78, 5) is 38.7. The molecule has 2 heterocycles. The van der Waals surface area contributed by atoms with E-state index < -0.39 is 17.9 Å². The van der Waals surface area contributed by atoms with E-state index >= 15 is 0 Å². The van der Waals surface area contributed by atoms with Crippen molar-refractivity contribution >= 4 is 17.8 Å². The van der Waals surface area contributed by atoms with Crippen LogP contribution in [0, 0.1) is 0 Å². The number of hydrogen-bond donors (Lipinski definition) is 1. The molecule has 2 atom stereocenters. The number of rotatable bonds is 3. The molecule has 0 saturated carbocycles. The van der Waals surface area contributed by atoms with Gasteiger partial charge in [0.15, 0.2) is 0 Å². The number of fused-ring (bicyclic) bond motifs is 1. The molecule has 1 N–H and O–H groups in total. The number of carbonyl (C=O) groups excluding carboxylic acids is 3. The van der Waals surface area contributed by atoms with Crippen LogP contribution in [0.4, 0.5) is 0 Å². The van der Waals surface area contributed by atoms with E-state index in [-0.39, 0.29) is 11.8 Å². The molecule has 2 aliphatic rings. The highest BCUT2D eigenvalue weighted by atomic mass is 16.5. The first kappa shape index (κ1) is 16.2. The summed E-state index contributed by atoms with van der Waals surface area (Å²) in [6.07, 6.45) is 1.46. The van der Waals surface area contributed by atoms with E-state index in [9.17, 15) is 14.4 Å². The number of hydrogen-bond acceptors (Lipinski definition) is 4. The van der Waals surface area contributed by atoms with Gasteiger partial charge in [-0.25, -0.2) is 4.79 Å². The molecule has 1 aromatic rings. The van der Waals surface area contributed by atoms with Crippen LogP contribution >= 0.6 is 0 Å². The lowest BCUT2D eigenvalue weighted by Crippen LogP contribution is -2.54. The summed E-state index contributed by atoms with van der Waals surface area (Å²) in [6, 6.07) is 8.49. The minimum atomic E-state index is -0.805. The predicted octanol–water partition coefficient (Wildman–Crippen LogP) is 1.34. The molecule has 126 valence electrons. The SMILES string of the molecule is COC(=O)C1=C2CCCN2C(=O)[C@H](NC(C)=O)[C@H]1c1ccccc1. The van der Waals surface area contributed by atoms with Crippen molar-refractivity contribution in [2.24, 2.45) is 0 Å². The molecule has 2 aliphatic heterocycles. The molecule has 6 nitrogen and oxygen atoms in total. The molecular formula is C18H20N2O4. The van der Waals surface area contributed by atoms with Crippen molar-refractivity contribution in [3.8, 4) is 0 Å². The van der Waals surface area contributed by atoms with Crippen LogP contribution in [0.1, 0.15) is 31.2 Å². The van der Waals surface area contributed by atoms with E-state index in [0.717, 1.165) is 17.7 Å². The number of esters is 1. The first-order chi connectivity index (χ1) is 11.5. The van der Waals surface area contributed by atoms with E-state index in [0.29, 0.717) is 18.5 Å². The van der Waals surface area contributed by atoms with Crippen molar-refractivity contribution in [3.05, 3.63) is 47.2 Å². The first-order valence-corrected chi connectivity index (χ1v) is 7.99. The number of benzene rings is 1. The molecule has 0 bridgehead atoms. The summed E-state index contributed by atoms with van der Waals surface area (Å²) in [6.45, 7) is 1.93. The number of allylic oxidation sites excluding steroid dienone is 1. The molecule has 0 aliphatic carbocycles. The fraction of sp³-hybridized carbons (Fsp3) is 0.389. The van der Waals surface area contributed by atoms with Crippen molar-refractivity contribution in [1.82, 2.24) is 10.2 Å². The second-order valence-electron chi connectivity index (χ2n) is 6.01. The Kier molecular flexibility index (Phi) is 4.38. The van der Waals surface area contributed by atoms with Gasteiger partial charge in [-0.1, -0.05) is 30.3 Å². The summed E-state index contributed by atoms with van der Waals surface area (Å²) in [5.74, 6) is -1.46. The lowest BCUT2D eigenvalue weighted by molar-refractivity contribution is -0.139. The van der Waals surface area contributed by atoms with Gasteiger partial charge in [0.25, 0.3) is 0 Å². The van der Waals surface area contributed by atoms with Gasteiger partial charge in [-0.3, -0.25) is 9.59 Å². The highest BCUT2D eigenvalue weighted by Crippen LogP contribution is 2.41. The van der Waals surface area contributed by atoms with Gasteiger partial charge in [0, 0.05) is 25.1 Å². The van der Waals surface area contributed by atoms with E-state index in [1.54, 1.807) is 4.90 Å². The molecule has 1 saturated heterocycles. The van der Waals surface area contributed by atoms with Gasteiger partial charge in [0.2, 0.25) is 11.8 Å². The Bertz CT molecular complexity index is 711. The Morgan fingerprint density at radius 3 is 2.58 bits per heavy atom. The van der Waals surface area contributed by atoms with Crippen LogP contribution in [0.25, 0.3) is 0 Å². The van der Waals surface area contributed by atoms with E-state index in [1.165, 1.54) is 14.0 Å². The minimum Gasteiger partial charge on any atom is -0.466 e. The van der Waals surface area contributed by atoms with Crippen LogP contribution < -0.4 is 5.32 Å². The number of methoxy groups -OCH3 is 1. The number of nitrogens with zero attached hydrogens (tertiary/aromatic N) is 1. The van der Waals surface area contributed by atoms with Crippen LogP contribution in [0.5, 0.6) is 0 Å². The van der Waals surface area contributed by atoms with Crippen molar-refractivity contribution in [2.45, 2.75) is 31.7 Å². The summed E-state index contributed by atoms with van der Waals surface area (Å²) in [7, 11) is 1.33. The van der Waals surface area contributed by atoms with Crippen LogP contribution in [-0.4, -0.2) is 42.4 Å². The maximum absolute atomic E-state index is 12.9. The smallest absolute Gasteiger partial charge is 0.336 e. The molecule has 2 amide bonds. The van der Waals surface area contributed by atoms with Crippen molar-refractivity contribution in [2.75, 3.05) is 13.7 Å². The monoisotopic (exact) mass is 328 g/mol. The van der Waals surface area contributed by atoms with Crippen LogP contribution in [0.2, 0.25) is 0 Å².